The van der Waals surface area contributed by atoms with Gasteiger partial charge in [-0.15, -0.1) is 5.11 Å². The monoisotopic (exact) mass is 240 g/mol. The molecule has 0 aliphatic rings. The highest BCUT2D eigenvalue weighted by atomic mass is 16.4. The van der Waals surface area contributed by atoms with Crippen LogP contribution in [0, 0.1) is 6.92 Å². The zero-order valence-corrected chi connectivity index (χ0v) is 9.87. The second kappa shape index (κ2) is 5.23. The Kier molecular flexibility index (Phi) is 3.48. The Hall–Kier alpha value is -2.49. The van der Waals surface area contributed by atoms with E-state index in [1.807, 2.05) is 31.2 Å². The van der Waals surface area contributed by atoms with Crippen molar-refractivity contribution in [2.45, 2.75) is 6.92 Å². The van der Waals surface area contributed by atoms with Crippen molar-refractivity contribution in [3.8, 4) is 0 Å². The second-order valence-electron chi connectivity index (χ2n) is 3.86. The fourth-order valence-electron chi connectivity index (χ4n) is 1.46. The molecule has 0 aliphatic carbocycles. The van der Waals surface area contributed by atoms with Crippen LogP contribution in [0.25, 0.3) is 0 Å². The summed E-state index contributed by atoms with van der Waals surface area (Å²) in [4.78, 5) is 11.0. The van der Waals surface area contributed by atoms with E-state index in [-0.39, 0.29) is 5.56 Å². The number of azo groups is 1. The second-order valence-corrected chi connectivity index (χ2v) is 3.86. The Labute approximate surface area is 105 Å². The van der Waals surface area contributed by atoms with E-state index in [4.69, 9.17) is 5.11 Å². The first-order chi connectivity index (χ1) is 8.66. The Morgan fingerprint density at radius 2 is 1.67 bits per heavy atom. The van der Waals surface area contributed by atoms with Crippen LogP contribution < -0.4 is 0 Å². The summed E-state index contributed by atoms with van der Waals surface area (Å²) in [6.07, 6.45) is 0. The van der Waals surface area contributed by atoms with Crippen LogP contribution in [-0.2, 0) is 0 Å². The number of benzene rings is 2. The van der Waals surface area contributed by atoms with Gasteiger partial charge in [0.05, 0.1) is 11.3 Å². The number of rotatable bonds is 3. The lowest BCUT2D eigenvalue weighted by Crippen LogP contribution is -1.95. The van der Waals surface area contributed by atoms with Crippen molar-refractivity contribution in [2.24, 2.45) is 10.2 Å². The third-order valence-corrected chi connectivity index (χ3v) is 2.44. The minimum absolute atomic E-state index is 0.147. The van der Waals surface area contributed by atoms with Crippen molar-refractivity contribution in [2.75, 3.05) is 0 Å². The van der Waals surface area contributed by atoms with Crippen LogP contribution in [0.3, 0.4) is 0 Å². The molecule has 0 bridgehead atoms. The minimum atomic E-state index is -1.01. The molecular weight excluding hydrogens is 228 g/mol. The van der Waals surface area contributed by atoms with Crippen molar-refractivity contribution in [1.29, 1.82) is 0 Å². The van der Waals surface area contributed by atoms with E-state index in [0.717, 1.165) is 5.56 Å². The maximum atomic E-state index is 11.0. The summed E-state index contributed by atoms with van der Waals surface area (Å²) in [6.45, 7) is 1.99. The highest BCUT2D eigenvalue weighted by Gasteiger charge is 2.07. The van der Waals surface area contributed by atoms with E-state index in [1.165, 1.54) is 6.07 Å². The molecule has 0 spiro atoms. The Bertz CT molecular complexity index is 589. The lowest BCUT2D eigenvalue weighted by molar-refractivity contribution is 0.0698. The molecule has 4 heteroatoms. The van der Waals surface area contributed by atoms with Gasteiger partial charge in [-0.3, -0.25) is 0 Å². The first-order valence-electron chi connectivity index (χ1n) is 5.47. The fourth-order valence-corrected chi connectivity index (χ4v) is 1.46. The molecule has 2 aromatic carbocycles. The van der Waals surface area contributed by atoms with E-state index in [1.54, 1.807) is 18.2 Å². The molecule has 0 fully saturated rings. The number of hydrogen-bond acceptors (Lipinski definition) is 3. The average Bonchev–Trinajstić information content (AvgIpc) is 2.38. The van der Waals surface area contributed by atoms with E-state index in [9.17, 15) is 4.79 Å². The smallest absolute Gasteiger partial charge is 0.337 e. The SMILES string of the molecule is Cc1ccc(N=Nc2ccccc2C(=O)O)cc1. The Balaban J connectivity index is 2.29. The Morgan fingerprint density at radius 3 is 2.33 bits per heavy atom. The number of nitrogens with zero attached hydrogens (tertiary/aromatic N) is 2. The van der Waals surface area contributed by atoms with E-state index < -0.39 is 5.97 Å². The third kappa shape index (κ3) is 2.79. The predicted molar refractivity (Wildman–Crippen MR) is 68.8 cm³/mol. The maximum Gasteiger partial charge on any atom is 0.337 e. The van der Waals surface area contributed by atoms with Crippen molar-refractivity contribution < 1.29 is 9.90 Å². The molecule has 0 aliphatic heterocycles. The molecule has 0 saturated carbocycles. The van der Waals surface area contributed by atoms with E-state index >= 15 is 0 Å². The van der Waals surface area contributed by atoms with Crippen LogP contribution in [0.5, 0.6) is 0 Å². The standard InChI is InChI=1S/C14H12N2O2/c1-10-6-8-11(9-7-10)15-16-13-5-3-2-4-12(13)14(17)18/h2-9H,1H3,(H,17,18). The molecule has 0 amide bonds. The normalized spacial score (nSPS) is 10.7. The molecule has 4 nitrogen and oxygen atoms in total. The molecule has 90 valence electrons. The summed E-state index contributed by atoms with van der Waals surface area (Å²) >= 11 is 0. The first kappa shape index (κ1) is 12.0. The van der Waals surface area contributed by atoms with E-state index in [0.29, 0.717) is 11.4 Å². The number of carboxylic acids is 1. The molecule has 0 saturated heterocycles. The van der Waals surface area contributed by atoms with Crippen LogP contribution in [-0.4, -0.2) is 11.1 Å². The average molecular weight is 240 g/mol. The molecule has 18 heavy (non-hydrogen) atoms. The van der Waals surface area contributed by atoms with Gasteiger partial charge in [0.1, 0.15) is 5.69 Å². The van der Waals surface area contributed by atoms with Crippen LogP contribution in [0.4, 0.5) is 11.4 Å². The predicted octanol–water partition coefficient (Wildman–Crippen LogP) is 4.11. The molecule has 2 aromatic rings. The highest BCUT2D eigenvalue weighted by molar-refractivity contribution is 5.93. The lowest BCUT2D eigenvalue weighted by atomic mass is 10.2. The molecule has 1 N–H and O–H groups in total. The highest BCUT2D eigenvalue weighted by Crippen LogP contribution is 2.22. The molecule has 0 atom stereocenters. The lowest BCUT2D eigenvalue weighted by Gasteiger charge is -1.98. The summed E-state index contributed by atoms with van der Waals surface area (Å²) in [7, 11) is 0. The minimum Gasteiger partial charge on any atom is -0.478 e. The van der Waals surface area contributed by atoms with Gasteiger partial charge < -0.3 is 5.11 Å². The number of aromatic carboxylic acids is 1. The first-order valence-corrected chi connectivity index (χ1v) is 5.47. The van der Waals surface area contributed by atoms with Gasteiger partial charge >= 0.3 is 5.97 Å². The van der Waals surface area contributed by atoms with Crippen LogP contribution >= 0.6 is 0 Å². The van der Waals surface area contributed by atoms with Gasteiger partial charge in [0, 0.05) is 0 Å². The molecular formula is C14H12N2O2. The van der Waals surface area contributed by atoms with Crippen LogP contribution in [0.15, 0.2) is 58.8 Å². The topological polar surface area (TPSA) is 62.0 Å². The van der Waals surface area contributed by atoms with Gasteiger partial charge in [0.2, 0.25) is 0 Å². The zero-order chi connectivity index (χ0) is 13.0. The third-order valence-electron chi connectivity index (χ3n) is 2.44. The van der Waals surface area contributed by atoms with Crippen LogP contribution in [0.1, 0.15) is 15.9 Å². The summed E-state index contributed by atoms with van der Waals surface area (Å²) in [5, 5.41) is 17.0. The number of aryl methyl sites for hydroxylation is 1. The quantitative estimate of drug-likeness (QED) is 0.820. The van der Waals surface area contributed by atoms with Crippen molar-refractivity contribution >= 4 is 17.3 Å². The van der Waals surface area contributed by atoms with Crippen molar-refractivity contribution in [1.82, 2.24) is 0 Å². The van der Waals surface area contributed by atoms with Crippen molar-refractivity contribution in [3.05, 3.63) is 59.7 Å². The van der Waals surface area contributed by atoms with Gasteiger partial charge in [0.15, 0.2) is 0 Å². The van der Waals surface area contributed by atoms with Gasteiger partial charge in [0.25, 0.3) is 0 Å². The van der Waals surface area contributed by atoms with Gasteiger partial charge in [-0.25, -0.2) is 4.79 Å². The van der Waals surface area contributed by atoms with Gasteiger partial charge in [-0.2, -0.15) is 5.11 Å². The molecule has 0 radical (unpaired) electrons. The largest absolute Gasteiger partial charge is 0.478 e. The number of hydrogen-bond donors (Lipinski definition) is 1. The van der Waals surface area contributed by atoms with Gasteiger partial charge in [-0.1, -0.05) is 29.8 Å². The molecule has 0 heterocycles. The molecule has 0 aromatic heterocycles. The maximum absolute atomic E-state index is 11.0. The summed E-state index contributed by atoms with van der Waals surface area (Å²) in [5.74, 6) is -1.01. The van der Waals surface area contributed by atoms with Gasteiger partial charge in [-0.05, 0) is 31.2 Å². The van der Waals surface area contributed by atoms with E-state index in [2.05, 4.69) is 10.2 Å². The number of carbonyl (C=O) groups is 1. The molecule has 2 rings (SSSR count). The van der Waals surface area contributed by atoms with Crippen molar-refractivity contribution in [3.63, 3.8) is 0 Å². The Morgan fingerprint density at radius 1 is 1.00 bits per heavy atom. The summed E-state index contributed by atoms with van der Waals surface area (Å²) in [6, 6.07) is 14.1. The summed E-state index contributed by atoms with van der Waals surface area (Å²) < 4.78 is 0. The fraction of sp³-hybridized carbons (Fsp3) is 0.0714. The van der Waals surface area contributed by atoms with Crippen LogP contribution in [0.2, 0.25) is 0 Å². The molecule has 0 unspecified atom stereocenters. The summed E-state index contributed by atoms with van der Waals surface area (Å²) in [5.41, 5.74) is 2.33. The zero-order valence-electron chi connectivity index (χ0n) is 9.87. The number of carboxylic acid groups (broad SMARTS) is 1.